The van der Waals surface area contributed by atoms with Crippen molar-refractivity contribution in [2.45, 2.75) is 33.4 Å². The monoisotopic (exact) mass is 543 g/mol. The van der Waals surface area contributed by atoms with Crippen molar-refractivity contribution in [3.63, 3.8) is 0 Å². The number of hydrogen-bond acceptors (Lipinski definition) is 6. The number of benzene rings is 2. The van der Waals surface area contributed by atoms with E-state index in [4.69, 9.17) is 14.2 Å². The molecule has 4 aromatic rings. The highest BCUT2D eigenvalue weighted by Gasteiger charge is 2.32. The van der Waals surface area contributed by atoms with Gasteiger partial charge in [-0.1, -0.05) is 6.07 Å². The number of aryl methyl sites for hydroxylation is 1. The molecule has 0 fully saturated rings. The summed E-state index contributed by atoms with van der Waals surface area (Å²) in [6.07, 6.45) is 4.58. The molecule has 0 unspecified atom stereocenters. The largest absolute Gasteiger partial charge is 0.507 e. The predicted octanol–water partition coefficient (Wildman–Crippen LogP) is 4.82. The number of ether oxygens (including phenoxy) is 3. The lowest BCUT2D eigenvalue weighted by Crippen LogP contribution is -2.27. The minimum atomic E-state index is -0.456. The molecule has 0 atom stereocenters. The number of fused-ring (bicyclic) bond motifs is 3. The molecule has 208 valence electrons. The lowest BCUT2D eigenvalue weighted by atomic mass is 9.92. The number of rotatable bonds is 9. The van der Waals surface area contributed by atoms with Crippen molar-refractivity contribution in [1.29, 1.82) is 0 Å². The Hall–Kier alpha value is -4.66. The van der Waals surface area contributed by atoms with Crippen LogP contribution >= 0.6 is 0 Å². The number of carbonyl (C=O) groups excluding carboxylic acids is 2. The Morgan fingerprint density at radius 1 is 1.05 bits per heavy atom. The standard InChI is InChI=1S/C31H33N3O6/c1-5-40-31(37)28-27(19(2)34-14-10-20-17-25(38-3)26(39-4)18-22(20)29(28)34)21-8-9-24(35)23(16-21)30(36)32-11-15-33-12-6-7-13-33/h6-9,12-13,16-18,35H,5,10-11,14-15H2,1-4H3,(H,32,36). The maximum absolute atomic E-state index is 13.5. The summed E-state index contributed by atoms with van der Waals surface area (Å²) < 4.78 is 20.7. The quantitative estimate of drug-likeness (QED) is 0.294. The summed E-state index contributed by atoms with van der Waals surface area (Å²) in [7, 11) is 3.18. The van der Waals surface area contributed by atoms with Crippen molar-refractivity contribution in [3.05, 3.63) is 77.2 Å². The summed E-state index contributed by atoms with van der Waals surface area (Å²) in [4.78, 5) is 26.6. The van der Waals surface area contributed by atoms with Gasteiger partial charge >= 0.3 is 5.97 Å². The van der Waals surface area contributed by atoms with Gasteiger partial charge in [0, 0.05) is 48.8 Å². The zero-order chi connectivity index (χ0) is 28.4. The molecule has 5 rings (SSSR count). The van der Waals surface area contributed by atoms with Crippen LogP contribution in [0, 0.1) is 6.92 Å². The van der Waals surface area contributed by atoms with Gasteiger partial charge in [0.15, 0.2) is 11.5 Å². The van der Waals surface area contributed by atoms with Crippen molar-refractivity contribution in [2.75, 3.05) is 27.4 Å². The third kappa shape index (κ3) is 4.79. The Kier molecular flexibility index (Phi) is 7.55. The molecule has 1 amide bonds. The molecule has 0 saturated carbocycles. The molecule has 0 radical (unpaired) electrons. The third-order valence-electron chi connectivity index (χ3n) is 7.32. The van der Waals surface area contributed by atoms with E-state index in [-0.39, 0.29) is 17.9 Å². The van der Waals surface area contributed by atoms with E-state index in [1.165, 1.54) is 6.07 Å². The van der Waals surface area contributed by atoms with Crippen LogP contribution in [0.4, 0.5) is 0 Å². The molecule has 2 aromatic heterocycles. The van der Waals surface area contributed by atoms with Crippen LogP contribution in [0.1, 0.15) is 38.9 Å². The normalized spacial score (nSPS) is 11.9. The number of esters is 1. The van der Waals surface area contributed by atoms with Crippen molar-refractivity contribution >= 4 is 11.9 Å². The van der Waals surface area contributed by atoms with E-state index in [0.717, 1.165) is 28.9 Å². The maximum atomic E-state index is 13.5. The molecule has 0 saturated heterocycles. The second-order valence-electron chi connectivity index (χ2n) is 9.58. The van der Waals surface area contributed by atoms with Crippen LogP contribution in [-0.4, -0.2) is 53.5 Å². The number of nitrogens with zero attached hydrogens (tertiary/aromatic N) is 2. The van der Waals surface area contributed by atoms with Gasteiger partial charge in [-0.2, -0.15) is 0 Å². The number of nitrogens with one attached hydrogen (secondary N) is 1. The van der Waals surface area contributed by atoms with Gasteiger partial charge in [-0.05, 0) is 67.8 Å². The van der Waals surface area contributed by atoms with Crippen LogP contribution < -0.4 is 14.8 Å². The summed E-state index contributed by atoms with van der Waals surface area (Å²) in [5, 5.41) is 13.5. The highest BCUT2D eigenvalue weighted by Crippen LogP contribution is 2.45. The lowest BCUT2D eigenvalue weighted by molar-refractivity contribution is 0.0528. The molecule has 9 nitrogen and oxygen atoms in total. The van der Waals surface area contributed by atoms with Gasteiger partial charge in [0.1, 0.15) is 5.75 Å². The Labute approximate surface area is 232 Å². The molecule has 0 aliphatic carbocycles. The van der Waals surface area contributed by atoms with Crippen LogP contribution in [0.3, 0.4) is 0 Å². The summed E-state index contributed by atoms with van der Waals surface area (Å²) >= 11 is 0. The number of phenols is 1. The first-order chi connectivity index (χ1) is 19.4. The Balaban J connectivity index is 1.60. The topological polar surface area (TPSA) is 104 Å². The van der Waals surface area contributed by atoms with Gasteiger partial charge in [-0.25, -0.2) is 4.79 Å². The van der Waals surface area contributed by atoms with Crippen LogP contribution in [0.15, 0.2) is 54.9 Å². The van der Waals surface area contributed by atoms with Crippen molar-refractivity contribution in [2.24, 2.45) is 0 Å². The average molecular weight is 544 g/mol. The maximum Gasteiger partial charge on any atom is 0.340 e. The van der Waals surface area contributed by atoms with Crippen LogP contribution in [0.2, 0.25) is 0 Å². The Bertz CT molecular complexity index is 1570. The molecule has 0 bridgehead atoms. The summed E-state index contributed by atoms with van der Waals surface area (Å²) in [6, 6.07) is 12.5. The number of aromatic nitrogens is 2. The second-order valence-corrected chi connectivity index (χ2v) is 9.58. The van der Waals surface area contributed by atoms with Crippen molar-refractivity contribution < 1.29 is 28.9 Å². The van der Waals surface area contributed by atoms with Crippen LogP contribution in [-0.2, 0) is 24.2 Å². The molecule has 9 heteroatoms. The van der Waals surface area contributed by atoms with Crippen LogP contribution in [0.25, 0.3) is 22.4 Å². The van der Waals surface area contributed by atoms with Crippen molar-refractivity contribution in [3.8, 4) is 39.6 Å². The van der Waals surface area contributed by atoms with Gasteiger partial charge in [-0.3, -0.25) is 4.79 Å². The first kappa shape index (κ1) is 26.9. The highest BCUT2D eigenvalue weighted by molar-refractivity contribution is 6.06. The average Bonchev–Trinajstić information content (AvgIpc) is 3.58. The van der Waals surface area contributed by atoms with E-state index in [1.807, 2.05) is 48.1 Å². The van der Waals surface area contributed by atoms with E-state index in [0.29, 0.717) is 47.8 Å². The summed E-state index contributed by atoms with van der Waals surface area (Å²) in [5.74, 6) is 0.203. The van der Waals surface area contributed by atoms with Gasteiger partial charge in [0.2, 0.25) is 0 Å². The molecule has 3 heterocycles. The smallest absolute Gasteiger partial charge is 0.340 e. The van der Waals surface area contributed by atoms with Gasteiger partial charge in [-0.15, -0.1) is 0 Å². The van der Waals surface area contributed by atoms with E-state index in [2.05, 4.69) is 9.88 Å². The fraction of sp³-hybridized carbons (Fsp3) is 0.290. The minimum Gasteiger partial charge on any atom is -0.507 e. The molecule has 1 aliphatic rings. The summed E-state index contributed by atoms with van der Waals surface area (Å²) in [6.45, 7) is 5.59. The molecule has 1 aliphatic heterocycles. The van der Waals surface area contributed by atoms with E-state index < -0.39 is 11.9 Å². The Morgan fingerprint density at radius 2 is 1.77 bits per heavy atom. The summed E-state index contributed by atoms with van der Waals surface area (Å²) in [5.41, 5.74) is 5.35. The first-order valence-electron chi connectivity index (χ1n) is 13.3. The molecule has 40 heavy (non-hydrogen) atoms. The fourth-order valence-electron chi connectivity index (χ4n) is 5.42. The molecule has 2 N–H and O–H groups in total. The molecule has 2 aromatic carbocycles. The molecule has 0 spiro atoms. The SMILES string of the molecule is CCOC(=O)c1c(-c2ccc(O)c(C(=O)NCCn3cccc3)c2)c(C)n2c1-c1cc(OC)c(OC)cc1CC2. The zero-order valence-corrected chi connectivity index (χ0v) is 23.1. The van der Waals surface area contributed by atoms with Crippen molar-refractivity contribution in [1.82, 2.24) is 14.5 Å². The predicted molar refractivity (Wildman–Crippen MR) is 151 cm³/mol. The number of carbonyl (C=O) groups is 2. The number of aromatic hydroxyl groups is 1. The lowest BCUT2D eigenvalue weighted by Gasteiger charge is -2.23. The van der Waals surface area contributed by atoms with Gasteiger partial charge < -0.3 is 33.8 Å². The Morgan fingerprint density at radius 3 is 2.48 bits per heavy atom. The van der Waals surface area contributed by atoms with E-state index >= 15 is 0 Å². The van der Waals surface area contributed by atoms with E-state index in [1.54, 1.807) is 33.3 Å². The minimum absolute atomic E-state index is 0.134. The highest BCUT2D eigenvalue weighted by atomic mass is 16.5. The van der Waals surface area contributed by atoms with Gasteiger partial charge in [0.25, 0.3) is 5.91 Å². The fourth-order valence-corrected chi connectivity index (χ4v) is 5.42. The third-order valence-corrected chi connectivity index (χ3v) is 7.32. The zero-order valence-electron chi connectivity index (χ0n) is 23.1. The van der Waals surface area contributed by atoms with Gasteiger partial charge in [0.05, 0.1) is 37.6 Å². The molecular weight excluding hydrogens is 510 g/mol. The molecular formula is C31H33N3O6. The second kappa shape index (κ2) is 11.2. The number of hydrogen-bond donors (Lipinski definition) is 2. The number of amides is 1. The van der Waals surface area contributed by atoms with E-state index in [9.17, 15) is 14.7 Å². The number of phenolic OH excluding ortho intramolecular Hbond substituents is 1. The van der Waals surface area contributed by atoms with Crippen LogP contribution in [0.5, 0.6) is 17.2 Å². The number of methoxy groups -OCH3 is 2. The first-order valence-corrected chi connectivity index (χ1v) is 13.3.